The van der Waals surface area contributed by atoms with Crippen LogP contribution in [0.3, 0.4) is 0 Å². The van der Waals surface area contributed by atoms with Gasteiger partial charge in [0.1, 0.15) is 5.75 Å². The van der Waals surface area contributed by atoms with Crippen LogP contribution in [0.4, 0.5) is 10.5 Å². The molecule has 0 saturated carbocycles. The van der Waals surface area contributed by atoms with E-state index in [1.165, 1.54) is 5.56 Å². The Morgan fingerprint density at radius 2 is 1.86 bits per heavy atom. The predicted octanol–water partition coefficient (Wildman–Crippen LogP) is 4.23. The average molecular weight is 394 g/mol. The van der Waals surface area contributed by atoms with E-state index in [4.69, 9.17) is 9.26 Å². The Morgan fingerprint density at radius 1 is 1.14 bits per heavy atom. The Hall–Kier alpha value is -3.35. The van der Waals surface area contributed by atoms with Crippen LogP contribution in [0.15, 0.2) is 53.1 Å². The molecule has 0 bridgehead atoms. The summed E-state index contributed by atoms with van der Waals surface area (Å²) in [4.78, 5) is 18.2. The van der Waals surface area contributed by atoms with E-state index in [9.17, 15) is 4.79 Å². The number of urea groups is 1. The monoisotopic (exact) mass is 394 g/mol. The summed E-state index contributed by atoms with van der Waals surface area (Å²) >= 11 is 0. The van der Waals surface area contributed by atoms with E-state index in [0.717, 1.165) is 23.4 Å². The fourth-order valence-corrected chi connectivity index (χ4v) is 2.64. The highest BCUT2D eigenvalue weighted by Crippen LogP contribution is 2.14. The Bertz CT molecular complexity index is 920. The van der Waals surface area contributed by atoms with E-state index < -0.39 is 0 Å². The SMILES string of the molecule is CCc1ccc(OCc2nc(CCN(C)C(=O)Nc3ccc(C)cc3)no2)cc1. The van der Waals surface area contributed by atoms with Crippen molar-refractivity contribution in [3.05, 3.63) is 71.4 Å². The Balaban J connectivity index is 1.44. The van der Waals surface area contributed by atoms with E-state index >= 15 is 0 Å². The number of rotatable bonds is 8. The van der Waals surface area contributed by atoms with Crippen molar-refractivity contribution in [2.75, 3.05) is 18.9 Å². The summed E-state index contributed by atoms with van der Waals surface area (Å²) in [6, 6.07) is 15.4. The first-order chi connectivity index (χ1) is 14.0. The lowest BCUT2D eigenvalue weighted by Gasteiger charge is -2.17. The van der Waals surface area contributed by atoms with Crippen molar-refractivity contribution in [2.45, 2.75) is 33.3 Å². The zero-order valence-electron chi connectivity index (χ0n) is 17.0. The van der Waals surface area contributed by atoms with Gasteiger partial charge in [0.2, 0.25) is 0 Å². The largest absolute Gasteiger partial charge is 0.484 e. The lowest BCUT2D eigenvalue weighted by Crippen LogP contribution is -2.33. The summed E-state index contributed by atoms with van der Waals surface area (Å²) in [5, 5.41) is 6.82. The van der Waals surface area contributed by atoms with Gasteiger partial charge in [-0.05, 0) is 43.2 Å². The van der Waals surface area contributed by atoms with Gasteiger partial charge in [0, 0.05) is 25.7 Å². The minimum Gasteiger partial charge on any atom is -0.484 e. The molecule has 0 fully saturated rings. The molecule has 0 saturated heterocycles. The second kappa shape index (κ2) is 9.73. The van der Waals surface area contributed by atoms with Crippen LogP contribution < -0.4 is 10.1 Å². The highest BCUT2D eigenvalue weighted by atomic mass is 16.5. The number of aryl methyl sites for hydroxylation is 2. The summed E-state index contributed by atoms with van der Waals surface area (Å²) in [6.45, 7) is 4.79. The Morgan fingerprint density at radius 3 is 2.55 bits per heavy atom. The van der Waals surface area contributed by atoms with E-state index in [0.29, 0.717) is 24.7 Å². The standard InChI is InChI=1S/C22H26N4O3/c1-4-17-7-11-19(12-8-17)28-15-21-24-20(25-29-21)13-14-26(3)22(27)23-18-9-5-16(2)6-10-18/h5-12H,4,13-15H2,1-3H3,(H,23,27). The number of hydrogen-bond acceptors (Lipinski definition) is 5. The summed E-state index contributed by atoms with van der Waals surface area (Å²) in [6.07, 6.45) is 1.48. The molecule has 0 atom stereocenters. The number of nitrogens with one attached hydrogen (secondary N) is 1. The van der Waals surface area contributed by atoms with Gasteiger partial charge < -0.3 is 19.5 Å². The van der Waals surface area contributed by atoms with Gasteiger partial charge in [0.25, 0.3) is 5.89 Å². The third-order valence-electron chi connectivity index (χ3n) is 4.52. The van der Waals surface area contributed by atoms with Crippen molar-refractivity contribution < 1.29 is 14.1 Å². The molecule has 1 heterocycles. The molecule has 0 spiro atoms. The maximum absolute atomic E-state index is 12.3. The third-order valence-corrected chi connectivity index (χ3v) is 4.52. The van der Waals surface area contributed by atoms with Gasteiger partial charge in [-0.25, -0.2) is 4.79 Å². The molecule has 152 valence electrons. The van der Waals surface area contributed by atoms with Gasteiger partial charge in [0.05, 0.1) is 0 Å². The molecule has 1 N–H and O–H groups in total. The molecule has 2 amide bonds. The molecule has 3 rings (SSSR count). The molecule has 7 nitrogen and oxygen atoms in total. The van der Waals surface area contributed by atoms with Gasteiger partial charge >= 0.3 is 6.03 Å². The molecule has 3 aromatic rings. The first-order valence-corrected chi connectivity index (χ1v) is 9.65. The van der Waals surface area contributed by atoms with Crippen molar-refractivity contribution >= 4 is 11.7 Å². The number of amides is 2. The maximum atomic E-state index is 12.3. The van der Waals surface area contributed by atoms with Crippen molar-refractivity contribution in [2.24, 2.45) is 0 Å². The number of likely N-dealkylation sites (N-methyl/N-ethyl adjacent to an activating group) is 1. The molecular weight excluding hydrogens is 368 g/mol. The zero-order valence-corrected chi connectivity index (χ0v) is 17.0. The second-order valence-corrected chi connectivity index (χ2v) is 6.86. The molecule has 2 aromatic carbocycles. The molecule has 0 unspecified atom stereocenters. The third kappa shape index (κ3) is 6.07. The van der Waals surface area contributed by atoms with Crippen LogP contribution in [0.2, 0.25) is 0 Å². The first kappa shape index (κ1) is 20.4. The molecule has 1 aromatic heterocycles. The van der Waals surface area contributed by atoms with Crippen molar-refractivity contribution in [1.29, 1.82) is 0 Å². The average Bonchev–Trinajstić information content (AvgIpc) is 3.20. The van der Waals surface area contributed by atoms with Crippen LogP contribution in [0.25, 0.3) is 0 Å². The molecule has 7 heteroatoms. The van der Waals surface area contributed by atoms with Gasteiger partial charge in [-0.1, -0.05) is 41.9 Å². The van der Waals surface area contributed by atoms with Crippen LogP contribution in [-0.4, -0.2) is 34.7 Å². The number of hydrogen-bond donors (Lipinski definition) is 1. The molecule has 0 aliphatic heterocycles. The number of carbonyl (C=O) groups excluding carboxylic acids is 1. The number of carbonyl (C=O) groups is 1. The maximum Gasteiger partial charge on any atom is 0.321 e. The highest BCUT2D eigenvalue weighted by Gasteiger charge is 2.12. The van der Waals surface area contributed by atoms with Gasteiger partial charge in [-0.2, -0.15) is 4.98 Å². The molecule has 0 aliphatic carbocycles. The topological polar surface area (TPSA) is 80.5 Å². The molecular formula is C22H26N4O3. The van der Waals surface area contributed by atoms with Crippen LogP contribution in [0, 0.1) is 6.92 Å². The number of ether oxygens (including phenoxy) is 1. The fraction of sp³-hybridized carbons (Fsp3) is 0.318. The number of aromatic nitrogens is 2. The Kier molecular flexibility index (Phi) is 6.84. The van der Waals surface area contributed by atoms with Gasteiger partial charge in [-0.15, -0.1) is 0 Å². The van der Waals surface area contributed by atoms with E-state index in [-0.39, 0.29) is 12.6 Å². The van der Waals surface area contributed by atoms with Crippen LogP contribution in [0.5, 0.6) is 5.75 Å². The molecule has 29 heavy (non-hydrogen) atoms. The van der Waals surface area contributed by atoms with Crippen LogP contribution in [-0.2, 0) is 19.4 Å². The quantitative estimate of drug-likeness (QED) is 0.618. The summed E-state index contributed by atoms with van der Waals surface area (Å²) in [7, 11) is 1.73. The zero-order chi connectivity index (χ0) is 20.6. The van der Waals surface area contributed by atoms with Gasteiger partial charge in [-0.3, -0.25) is 0 Å². The molecule has 0 aliphatic rings. The van der Waals surface area contributed by atoms with E-state index in [1.807, 2.05) is 55.5 Å². The minimum atomic E-state index is -0.184. The highest BCUT2D eigenvalue weighted by molar-refractivity contribution is 5.89. The van der Waals surface area contributed by atoms with Crippen molar-refractivity contribution in [3.8, 4) is 5.75 Å². The minimum absolute atomic E-state index is 0.184. The number of benzene rings is 2. The second-order valence-electron chi connectivity index (χ2n) is 6.86. The first-order valence-electron chi connectivity index (χ1n) is 9.65. The predicted molar refractivity (Wildman–Crippen MR) is 111 cm³/mol. The number of nitrogens with zero attached hydrogens (tertiary/aromatic N) is 3. The van der Waals surface area contributed by atoms with E-state index in [1.54, 1.807) is 11.9 Å². The van der Waals surface area contributed by atoms with Crippen molar-refractivity contribution in [3.63, 3.8) is 0 Å². The van der Waals surface area contributed by atoms with Crippen LogP contribution >= 0.6 is 0 Å². The fourth-order valence-electron chi connectivity index (χ4n) is 2.64. The van der Waals surface area contributed by atoms with E-state index in [2.05, 4.69) is 22.4 Å². The van der Waals surface area contributed by atoms with Crippen molar-refractivity contribution in [1.82, 2.24) is 15.0 Å². The Labute approximate surface area is 170 Å². The number of anilines is 1. The lowest BCUT2D eigenvalue weighted by molar-refractivity contribution is 0.222. The van der Waals surface area contributed by atoms with Gasteiger partial charge in [0.15, 0.2) is 12.4 Å². The summed E-state index contributed by atoms with van der Waals surface area (Å²) < 4.78 is 10.9. The summed E-state index contributed by atoms with van der Waals surface area (Å²) in [5.41, 5.74) is 3.16. The molecule has 0 radical (unpaired) electrons. The van der Waals surface area contributed by atoms with Crippen LogP contribution in [0.1, 0.15) is 29.8 Å². The smallest absolute Gasteiger partial charge is 0.321 e. The lowest BCUT2D eigenvalue weighted by atomic mass is 10.2. The summed E-state index contributed by atoms with van der Waals surface area (Å²) in [5.74, 6) is 1.71. The normalized spacial score (nSPS) is 10.6.